The standard InChI is InChI=1S/C21H28N2O3/c1-21(2,3)23-20(24)15-26-19-11-7-17(8-12-19)14-22-13-16-5-9-18(25-4)10-6-16/h5-12,22H,13-15H2,1-4H3,(H,23,24)/p+1. The number of nitrogens with two attached hydrogens (primary N) is 1. The molecule has 3 N–H and O–H groups in total. The molecule has 0 saturated heterocycles. The normalized spacial score (nSPS) is 11.1. The van der Waals surface area contributed by atoms with E-state index in [-0.39, 0.29) is 18.1 Å². The Morgan fingerprint density at radius 3 is 1.88 bits per heavy atom. The van der Waals surface area contributed by atoms with Crippen molar-refractivity contribution < 1.29 is 19.6 Å². The zero-order valence-corrected chi connectivity index (χ0v) is 16.0. The van der Waals surface area contributed by atoms with E-state index in [1.165, 1.54) is 11.1 Å². The predicted octanol–water partition coefficient (Wildman–Crippen LogP) is 2.25. The van der Waals surface area contributed by atoms with Gasteiger partial charge < -0.3 is 20.1 Å². The third kappa shape index (κ3) is 7.15. The number of ether oxygens (including phenoxy) is 2. The van der Waals surface area contributed by atoms with Gasteiger partial charge >= 0.3 is 0 Å². The molecule has 2 rings (SSSR count). The molecule has 0 heterocycles. The Hall–Kier alpha value is -2.53. The molecule has 0 aliphatic heterocycles. The average Bonchev–Trinajstić information content (AvgIpc) is 2.60. The summed E-state index contributed by atoms with van der Waals surface area (Å²) in [4.78, 5) is 11.8. The minimum Gasteiger partial charge on any atom is -0.497 e. The highest BCUT2D eigenvalue weighted by Crippen LogP contribution is 2.12. The highest BCUT2D eigenvalue weighted by atomic mass is 16.5. The van der Waals surface area contributed by atoms with Gasteiger partial charge in [-0.2, -0.15) is 0 Å². The van der Waals surface area contributed by atoms with Crippen molar-refractivity contribution in [3.63, 3.8) is 0 Å². The SMILES string of the molecule is COc1ccc(C[NH2+]Cc2ccc(OCC(=O)NC(C)(C)C)cc2)cc1. The molecule has 2 aromatic carbocycles. The second kappa shape index (κ2) is 9.25. The summed E-state index contributed by atoms with van der Waals surface area (Å²) in [5.41, 5.74) is 2.23. The molecule has 2 aromatic rings. The molecule has 0 bridgehead atoms. The van der Waals surface area contributed by atoms with Crippen LogP contribution < -0.4 is 20.1 Å². The first-order valence-electron chi connectivity index (χ1n) is 8.83. The summed E-state index contributed by atoms with van der Waals surface area (Å²) in [5.74, 6) is 1.46. The Morgan fingerprint density at radius 1 is 0.923 bits per heavy atom. The molecule has 140 valence electrons. The van der Waals surface area contributed by atoms with Crippen molar-refractivity contribution in [2.24, 2.45) is 0 Å². The fourth-order valence-corrected chi connectivity index (χ4v) is 2.49. The monoisotopic (exact) mass is 357 g/mol. The molecule has 5 nitrogen and oxygen atoms in total. The van der Waals surface area contributed by atoms with Crippen LogP contribution in [0.15, 0.2) is 48.5 Å². The van der Waals surface area contributed by atoms with Crippen molar-refractivity contribution in [1.29, 1.82) is 0 Å². The van der Waals surface area contributed by atoms with Crippen LogP contribution in [0, 0.1) is 0 Å². The van der Waals surface area contributed by atoms with E-state index in [4.69, 9.17) is 9.47 Å². The van der Waals surface area contributed by atoms with Gasteiger partial charge in [0, 0.05) is 16.7 Å². The molecule has 0 spiro atoms. The summed E-state index contributed by atoms with van der Waals surface area (Å²) in [6.45, 7) is 7.67. The quantitative estimate of drug-likeness (QED) is 0.762. The van der Waals surface area contributed by atoms with Crippen LogP contribution in [-0.4, -0.2) is 25.2 Å². The van der Waals surface area contributed by atoms with Gasteiger partial charge in [-0.25, -0.2) is 0 Å². The Balaban J connectivity index is 1.73. The van der Waals surface area contributed by atoms with E-state index in [1.807, 2.05) is 57.2 Å². The van der Waals surface area contributed by atoms with Crippen LogP contribution in [0.4, 0.5) is 0 Å². The third-order valence-corrected chi connectivity index (χ3v) is 3.73. The van der Waals surface area contributed by atoms with Gasteiger partial charge in [-0.05, 0) is 69.3 Å². The molecular weight excluding hydrogens is 328 g/mol. The first-order valence-corrected chi connectivity index (χ1v) is 8.83. The number of carbonyl (C=O) groups is 1. The molecular formula is C21H29N2O3+. The minimum absolute atomic E-state index is 0.0280. The Kier molecular flexibility index (Phi) is 7.04. The number of benzene rings is 2. The molecule has 0 saturated carbocycles. The van der Waals surface area contributed by atoms with E-state index < -0.39 is 0 Å². The first-order chi connectivity index (χ1) is 12.4. The van der Waals surface area contributed by atoms with E-state index >= 15 is 0 Å². The predicted molar refractivity (Wildman–Crippen MR) is 102 cm³/mol. The number of amides is 1. The van der Waals surface area contributed by atoms with Crippen molar-refractivity contribution in [2.45, 2.75) is 39.4 Å². The number of nitrogens with one attached hydrogen (secondary N) is 1. The van der Waals surface area contributed by atoms with Crippen LogP contribution >= 0.6 is 0 Å². The molecule has 26 heavy (non-hydrogen) atoms. The summed E-state index contributed by atoms with van der Waals surface area (Å²) >= 11 is 0. The second-order valence-electron chi connectivity index (χ2n) is 7.28. The van der Waals surface area contributed by atoms with Crippen LogP contribution in [0.25, 0.3) is 0 Å². The molecule has 5 heteroatoms. The summed E-state index contributed by atoms with van der Waals surface area (Å²) in [6.07, 6.45) is 0. The molecule has 0 radical (unpaired) electrons. The minimum atomic E-state index is -0.246. The lowest BCUT2D eigenvalue weighted by Gasteiger charge is -2.20. The van der Waals surface area contributed by atoms with E-state index in [0.717, 1.165) is 18.8 Å². The van der Waals surface area contributed by atoms with E-state index in [0.29, 0.717) is 5.75 Å². The van der Waals surface area contributed by atoms with Crippen molar-refractivity contribution in [1.82, 2.24) is 5.32 Å². The Bertz CT molecular complexity index is 689. The van der Waals surface area contributed by atoms with Gasteiger partial charge in [-0.3, -0.25) is 4.79 Å². The van der Waals surface area contributed by atoms with Crippen LogP contribution in [-0.2, 0) is 17.9 Å². The largest absolute Gasteiger partial charge is 0.497 e. The number of hydrogen-bond donors (Lipinski definition) is 2. The topological polar surface area (TPSA) is 64.2 Å². The molecule has 0 fully saturated rings. The molecule has 1 amide bonds. The highest BCUT2D eigenvalue weighted by Gasteiger charge is 2.13. The molecule has 0 atom stereocenters. The van der Waals surface area contributed by atoms with Gasteiger partial charge in [0.1, 0.15) is 24.6 Å². The van der Waals surface area contributed by atoms with Gasteiger partial charge in [0.2, 0.25) is 0 Å². The lowest BCUT2D eigenvalue weighted by molar-refractivity contribution is -0.686. The first kappa shape index (κ1) is 19.8. The van der Waals surface area contributed by atoms with Gasteiger partial charge in [-0.15, -0.1) is 0 Å². The van der Waals surface area contributed by atoms with Crippen LogP contribution in [0.3, 0.4) is 0 Å². The molecule has 0 aliphatic rings. The van der Waals surface area contributed by atoms with Crippen molar-refractivity contribution in [2.75, 3.05) is 13.7 Å². The Morgan fingerprint density at radius 2 is 1.42 bits per heavy atom. The average molecular weight is 357 g/mol. The second-order valence-corrected chi connectivity index (χ2v) is 7.28. The van der Waals surface area contributed by atoms with E-state index in [9.17, 15) is 4.79 Å². The molecule has 0 aliphatic carbocycles. The van der Waals surface area contributed by atoms with Gasteiger partial charge in [0.15, 0.2) is 6.61 Å². The number of hydrogen-bond acceptors (Lipinski definition) is 3. The number of methoxy groups -OCH3 is 1. The Labute approximate surface area is 155 Å². The summed E-state index contributed by atoms with van der Waals surface area (Å²) in [7, 11) is 1.67. The number of carbonyl (C=O) groups excluding carboxylic acids is 1. The zero-order chi connectivity index (χ0) is 19.0. The fraction of sp³-hybridized carbons (Fsp3) is 0.381. The van der Waals surface area contributed by atoms with Crippen LogP contribution in [0.5, 0.6) is 11.5 Å². The fourth-order valence-electron chi connectivity index (χ4n) is 2.49. The van der Waals surface area contributed by atoms with Gasteiger partial charge in [0.05, 0.1) is 7.11 Å². The maximum atomic E-state index is 11.8. The molecule has 0 aromatic heterocycles. The lowest BCUT2D eigenvalue weighted by atomic mass is 10.1. The van der Waals surface area contributed by atoms with Crippen molar-refractivity contribution >= 4 is 5.91 Å². The summed E-state index contributed by atoms with van der Waals surface area (Å²) in [6, 6.07) is 16.0. The highest BCUT2D eigenvalue weighted by molar-refractivity contribution is 5.78. The van der Waals surface area contributed by atoms with Crippen LogP contribution in [0.2, 0.25) is 0 Å². The number of quaternary nitrogens is 1. The van der Waals surface area contributed by atoms with Gasteiger partial charge in [-0.1, -0.05) is 0 Å². The third-order valence-electron chi connectivity index (χ3n) is 3.73. The molecule has 0 unspecified atom stereocenters. The smallest absolute Gasteiger partial charge is 0.258 e. The lowest BCUT2D eigenvalue weighted by Crippen LogP contribution is -2.80. The number of rotatable bonds is 8. The van der Waals surface area contributed by atoms with Crippen LogP contribution in [0.1, 0.15) is 31.9 Å². The van der Waals surface area contributed by atoms with E-state index in [1.54, 1.807) is 7.11 Å². The van der Waals surface area contributed by atoms with Crippen molar-refractivity contribution in [3.8, 4) is 11.5 Å². The van der Waals surface area contributed by atoms with Crippen molar-refractivity contribution in [3.05, 3.63) is 59.7 Å². The summed E-state index contributed by atoms with van der Waals surface area (Å²) in [5, 5.41) is 5.12. The maximum absolute atomic E-state index is 11.8. The van der Waals surface area contributed by atoms with Gasteiger partial charge in [0.25, 0.3) is 5.91 Å². The summed E-state index contributed by atoms with van der Waals surface area (Å²) < 4.78 is 10.7. The zero-order valence-electron chi connectivity index (χ0n) is 16.0. The van der Waals surface area contributed by atoms with E-state index in [2.05, 4.69) is 22.8 Å². The maximum Gasteiger partial charge on any atom is 0.258 e.